The molecule has 0 aromatic heterocycles. The number of rotatable bonds is 60. The highest BCUT2D eigenvalue weighted by atomic mass is 31.2. The third kappa shape index (κ3) is 65.6. The van der Waals surface area contributed by atoms with Crippen LogP contribution in [0.2, 0.25) is 0 Å². The molecule has 0 spiro atoms. The molecule has 9 nitrogen and oxygen atoms in total. The number of likely N-dealkylation sites (N-methyl/N-ethyl adjacent to an activating group) is 1. The minimum Gasteiger partial charge on any atom is -0.462 e. The highest BCUT2D eigenvalue weighted by molar-refractivity contribution is 7.47. The van der Waals surface area contributed by atoms with Crippen LogP contribution in [0.5, 0.6) is 0 Å². The maximum atomic E-state index is 12.9. The minimum atomic E-state index is -4.40. The quantitative estimate of drug-likeness (QED) is 0.0211. The van der Waals surface area contributed by atoms with Gasteiger partial charge in [-0.25, -0.2) is 4.57 Å². The summed E-state index contributed by atoms with van der Waals surface area (Å²) in [5.41, 5.74) is 0. The molecule has 0 amide bonds. The Bertz CT molecular complexity index is 1800. The van der Waals surface area contributed by atoms with E-state index < -0.39 is 32.5 Å². The lowest BCUT2D eigenvalue weighted by Crippen LogP contribution is -2.37. The van der Waals surface area contributed by atoms with Gasteiger partial charge in [0.05, 0.1) is 27.7 Å². The Morgan fingerprint density at radius 1 is 0.378 bits per heavy atom. The zero-order chi connectivity index (χ0) is 59.8. The first-order valence-electron chi connectivity index (χ1n) is 33.3. The van der Waals surface area contributed by atoms with Crippen molar-refractivity contribution in [2.45, 2.75) is 277 Å². The van der Waals surface area contributed by atoms with Crippen molar-refractivity contribution in [1.82, 2.24) is 0 Å². The molecule has 2 atom stereocenters. The number of nitrogens with zero attached hydrogens (tertiary/aromatic N) is 1. The average molecular weight is 1160 g/mol. The normalized spacial score (nSPS) is 14.0. The van der Waals surface area contributed by atoms with E-state index in [1.165, 1.54) is 128 Å². The molecule has 0 aliphatic rings. The lowest BCUT2D eigenvalue weighted by Gasteiger charge is -2.24. The van der Waals surface area contributed by atoms with Crippen LogP contribution in [-0.4, -0.2) is 74.9 Å². The SMILES string of the molecule is CC/C=C\C/C=C\C/C=C\C/C=C\C/C=C\CCCCCCCCCCCCCCCCCCCCCCCCCC(=O)OC(COC(=O)CCCCC/C=C\C/C=C\C/C=C\C/C=C\C/C=C\CC)COP(=O)(O)OCC[N+](C)(C)C. The van der Waals surface area contributed by atoms with Gasteiger partial charge in [-0.1, -0.05) is 277 Å². The molecule has 0 heterocycles. The highest BCUT2D eigenvalue weighted by Gasteiger charge is 2.27. The summed E-state index contributed by atoms with van der Waals surface area (Å²) in [6, 6.07) is 0. The van der Waals surface area contributed by atoms with E-state index in [9.17, 15) is 19.0 Å². The van der Waals surface area contributed by atoms with Crippen LogP contribution in [0.25, 0.3) is 0 Å². The number of hydrogen-bond donors (Lipinski definition) is 1. The Labute approximate surface area is 505 Å². The summed E-state index contributed by atoms with van der Waals surface area (Å²) in [6.07, 6.45) is 88.8. The second kappa shape index (κ2) is 62.0. The lowest BCUT2D eigenvalue weighted by atomic mass is 10.0. The molecule has 470 valence electrons. The molecule has 0 aliphatic carbocycles. The Morgan fingerprint density at radius 3 is 0.988 bits per heavy atom. The number of unbranched alkanes of at least 4 members (excludes halogenated alkanes) is 26. The lowest BCUT2D eigenvalue weighted by molar-refractivity contribution is -0.870. The molecule has 0 radical (unpaired) electrons. The standard InChI is InChI=1S/C72H124NO8P/c1-6-8-10-12-14-16-18-20-22-24-26-27-28-29-30-31-32-33-34-35-36-37-38-39-40-41-42-43-44-45-47-49-51-53-55-57-59-61-63-65-72(75)81-70(69-80-82(76,77)79-67-66-73(3,4)5)68-78-71(74)64-62-60-58-56-54-52-50-48-46-25-23-21-19-17-15-13-11-9-7-2/h8-11,14-17,20-23,26-27,29-30,46,48,52,54,70H,6-7,12-13,18-19,24-25,28,31-45,47,49-51,53,55-69H2,1-5H3/p+1/b10-8-,11-9-,16-14-,17-15-,22-20-,23-21-,27-26-,30-29-,48-46-,54-52-. The first-order chi connectivity index (χ1) is 40.0. The molecule has 82 heavy (non-hydrogen) atoms. The third-order valence-electron chi connectivity index (χ3n) is 14.0. The van der Waals surface area contributed by atoms with E-state index >= 15 is 0 Å². The Kier molecular flexibility index (Phi) is 59.2. The summed E-state index contributed by atoms with van der Waals surface area (Å²) in [6.45, 7) is 4.18. The summed E-state index contributed by atoms with van der Waals surface area (Å²) < 4.78 is 34.6. The van der Waals surface area contributed by atoms with Gasteiger partial charge in [0.2, 0.25) is 0 Å². The van der Waals surface area contributed by atoms with Gasteiger partial charge in [0, 0.05) is 12.8 Å². The first kappa shape index (κ1) is 78.4. The maximum absolute atomic E-state index is 12.9. The first-order valence-corrected chi connectivity index (χ1v) is 34.8. The molecule has 1 N–H and O–H groups in total. The molecule has 0 aromatic rings. The van der Waals surface area contributed by atoms with Gasteiger partial charge in [-0.05, 0) is 103 Å². The number of carbonyl (C=O) groups is 2. The van der Waals surface area contributed by atoms with Crippen molar-refractivity contribution in [3.8, 4) is 0 Å². The van der Waals surface area contributed by atoms with E-state index in [1.54, 1.807) is 0 Å². The van der Waals surface area contributed by atoms with Crippen LogP contribution in [0.1, 0.15) is 271 Å². The number of hydrogen-bond acceptors (Lipinski definition) is 7. The highest BCUT2D eigenvalue weighted by Crippen LogP contribution is 2.43. The third-order valence-corrected chi connectivity index (χ3v) is 15.0. The van der Waals surface area contributed by atoms with Gasteiger partial charge in [0.25, 0.3) is 0 Å². The number of carbonyl (C=O) groups excluding carboxylic acids is 2. The van der Waals surface area contributed by atoms with Crippen molar-refractivity contribution in [3.63, 3.8) is 0 Å². The Balaban J connectivity index is 4.00. The summed E-state index contributed by atoms with van der Waals surface area (Å²) in [5.74, 6) is -0.833. The number of phosphoric ester groups is 1. The largest absolute Gasteiger partial charge is 0.472 e. The number of allylic oxidation sites excluding steroid dienone is 20. The van der Waals surface area contributed by atoms with E-state index in [0.717, 1.165) is 103 Å². The molecule has 2 unspecified atom stereocenters. The Morgan fingerprint density at radius 2 is 0.659 bits per heavy atom. The summed E-state index contributed by atoms with van der Waals surface area (Å²) in [4.78, 5) is 35.8. The fourth-order valence-corrected chi connectivity index (χ4v) is 9.69. The van der Waals surface area contributed by atoms with E-state index in [4.69, 9.17) is 18.5 Å². The van der Waals surface area contributed by atoms with Crippen molar-refractivity contribution in [1.29, 1.82) is 0 Å². The van der Waals surface area contributed by atoms with Crippen molar-refractivity contribution >= 4 is 19.8 Å². The number of esters is 2. The van der Waals surface area contributed by atoms with E-state index in [2.05, 4.69) is 135 Å². The average Bonchev–Trinajstić information content (AvgIpc) is 3.46. The Hall–Kier alpha value is -3.59. The van der Waals surface area contributed by atoms with Gasteiger partial charge in [-0.3, -0.25) is 18.6 Å². The van der Waals surface area contributed by atoms with Crippen LogP contribution in [-0.2, 0) is 32.7 Å². The molecule has 10 heteroatoms. The van der Waals surface area contributed by atoms with Crippen molar-refractivity contribution in [2.75, 3.05) is 47.5 Å². The maximum Gasteiger partial charge on any atom is 0.472 e. The topological polar surface area (TPSA) is 108 Å². The second-order valence-corrected chi connectivity index (χ2v) is 24.5. The molecule has 0 fully saturated rings. The van der Waals surface area contributed by atoms with Gasteiger partial charge < -0.3 is 18.9 Å². The fraction of sp³-hybridized carbons (Fsp3) is 0.694. The molecule has 0 aromatic carbocycles. The van der Waals surface area contributed by atoms with Gasteiger partial charge in [0.1, 0.15) is 19.8 Å². The smallest absolute Gasteiger partial charge is 0.462 e. The van der Waals surface area contributed by atoms with E-state index in [1.807, 2.05) is 21.1 Å². The van der Waals surface area contributed by atoms with Gasteiger partial charge in [-0.15, -0.1) is 0 Å². The zero-order valence-electron chi connectivity index (χ0n) is 53.4. The zero-order valence-corrected chi connectivity index (χ0v) is 54.3. The fourth-order valence-electron chi connectivity index (χ4n) is 8.95. The van der Waals surface area contributed by atoms with Gasteiger partial charge in [0.15, 0.2) is 6.10 Å². The van der Waals surface area contributed by atoms with E-state index in [0.29, 0.717) is 23.9 Å². The summed E-state index contributed by atoms with van der Waals surface area (Å²) in [5, 5.41) is 0. The molecule has 0 rings (SSSR count). The van der Waals surface area contributed by atoms with Gasteiger partial charge in [-0.2, -0.15) is 0 Å². The molecule has 0 aliphatic heterocycles. The predicted molar refractivity (Wildman–Crippen MR) is 353 cm³/mol. The van der Waals surface area contributed by atoms with Crippen molar-refractivity contribution in [3.05, 3.63) is 122 Å². The predicted octanol–water partition coefficient (Wildman–Crippen LogP) is 21.5. The van der Waals surface area contributed by atoms with Crippen LogP contribution in [0.3, 0.4) is 0 Å². The number of ether oxygens (including phenoxy) is 2. The molecule has 0 saturated carbocycles. The van der Waals surface area contributed by atoms with E-state index in [-0.39, 0.29) is 26.1 Å². The van der Waals surface area contributed by atoms with Crippen LogP contribution in [0.4, 0.5) is 0 Å². The van der Waals surface area contributed by atoms with Crippen LogP contribution < -0.4 is 0 Å². The van der Waals surface area contributed by atoms with Gasteiger partial charge >= 0.3 is 19.8 Å². The molecular weight excluding hydrogens is 1040 g/mol. The summed E-state index contributed by atoms with van der Waals surface area (Å²) >= 11 is 0. The minimum absolute atomic E-state index is 0.0222. The monoisotopic (exact) mass is 1160 g/mol. The number of phosphoric acid groups is 1. The molecular formula is C72H125NO8P+. The second-order valence-electron chi connectivity index (χ2n) is 23.1. The number of quaternary nitrogens is 1. The van der Waals surface area contributed by atoms with Crippen molar-refractivity contribution < 1.29 is 42.1 Å². The van der Waals surface area contributed by atoms with Crippen LogP contribution in [0, 0.1) is 0 Å². The van der Waals surface area contributed by atoms with Crippen LogP contribution in [0.15, 0.2) is 122 Å². The molecule has 0 bridgehead atoms. The molecule has 0 saturated heterocycles. The van der Waals surface area contributed by atoms with Crippen LogP contribution >= 0.6 is 7.82 Å². The summed E-state index contributed by atoms with van der Waals surface area (Å²) in [7, 11) is 1.45. The van der Waals surface area contributed by atoms with Crippen molar-refractivity contribution in [2.24, 2.45) is 0 Å².